The molecule has 0 bridgehead atoms. The number of ether oxygens (including phenoxy) is 2. The van der Waals surface area contributed by atoms with Gasteiger partial charge in [0.15, 0.2) is 5.96 Å². The number of hydrogen-bond donors (Lipinski definition) is 2. The summed E-state index contributed by atoms with van der Waals surface area (Å²) in [5.41, 5.74) is 8.33. The molecule has 0 spiro atoms. The molecule has 1 saturated heterocycles. The number of halogens is 1. The summed E-state index contributed by atoms with van der Waals surface area (Å²) in [7, 11) is 0. The molecule has 0 aromatic heterocycles. The first-order valence-electron chi connectivity index (χ1n) is 9.76. The van der Waals surface area contributed by atoms with E-state index >= 15 is 0 Å². The largest absolute Gasteiger partial charge is 0.450 e. The summed E-state index contributed by atoms with van der Waals surface area (Å²) in [4.78, 5) is 18.0. The number of piperidine rings is 1. The minimum Gasteiger partial charge on any atom is -0.450 e. The first-order chi connectivity index (χ1) is 13.1. The quantitative estimate of drug-likeness (QED) is 0.246. The fourth-order valence-electron chi connectivity index (χ4n) is 3.03. The van der Waals surface area contributed by atoms with Gasteiger partial charge in [0.25, 0.3) is 0 Å². The van der Waals surface area contributed by atoms with Crippen LogP contribution in [-0.4, -0.2) is 49.3 Å². The van der Waals surface area contributed by atoms with Crippen LogP contribution in [0.1, 0.15) is 44.2 Å². The van der Waals surface area contributed by atoms with Crippen LogP contribution in [0.5, 0.6) is 0 Å². The lowest BCUT2D eigenvalue weighted by Crippen LogP contribution is -2.48. The van der Waals surface area contributed by atoms with E-state index in [2.05, 4.69) is 29.4 Å². The van der Waals surface area contributed by atoms with Crippen molar-refractivity contribution < 1.29 is 14.3 Å². The van der Waals surface area contributed by atoms with Crippen molar-refractivity contribution in [1.29, 1.82) is 0 Å². The van der Waals surface area contributed by atoms with Gasteiger partial charge in [-0.3, -0.25) is 0 Å². The van der Waals surface area contributed by atoms with Crippen molar-refractivity contribution in [2.75, 3.05) is 26.3 Å². The molecular weight excluding hydrogens is 471 g/mol. The molecule has 3 N–H and O–H groups in total. The van der Waals surface area contributed by atoms with E-state index in [1.165, 1.54) is 0 Å². The molecule has 0 saturated carbocycles. The second kappa shape index (κ2) is 13.6. The average molecular weight is 504 g/mol. The number of hydrogen-bond acceptors (Lipinski definition) is 4. The summed E-state index contributed by atoms with van der Waals surface area (Å²) in [6.45, 7) is 7.53. The Hall–Kier alpha value is -1.55. The molecule has 0 unspecified atom stereocenters. The molecule has 0 radical (unpaired) electrons. The summed E-state index contributed by atoms with van der Waals surface area (Å²) < 4.78 is 10.7. The van der Waals surface area contributed by atoms with Gasteiger partial charge in [-0.05, 0) is 37.3 Å². The SMILES string of the molecule is CCCOCc1ccccc1CN=C(N)NC1CCN(C(=O)OCC)CC1.I. The molecule has 8 heteroatoms. The maximum atomic E-state index is 11.7. The van der Waals surface area contributed by atoms with Gasteiger partial charge in [0.05, 0.1) is 19.8 Å². The zero-order chi connectivity index (χ0) is 19.5. The summed E-state index contributed by atoms with van der Waals surface area (Å²) in [5, 5.41) is 3.27. The Labute approximate surface area is 185 Å². The number of carbonyl (C=O) groups is 1. The Morgan fingerprint density at radius 3 is 2.57 bits per heavy atom. The molecule has 1 amide bonds. The highest BCUT2D eigenvalue weighted by Gasteiger charge is 2.23. The van der Waals surface area contributed by atoms with Gasteiger partial charge in [0.2, 0.25) is 0 Å². The number of nitrogens with one attached hydrogen (secondary N) is 1. The van der Waals surface area contributed by atoms with Gasteiger partial charge < -0.3 is 25.4 Å². The Kier molecular flexibility index (Phi) is 11.9. The van der Waals surface area contributed by atoms with Crippen molar-refractivity contribution in [3.05, 3.63) is 35.4 Å². The number of amides is 1. The number of rotatable bonds is 8. The highest BCUT2D eigenvalue weighted by atomic mass is 127. The topological polar surface area (TPSA) is 89.2 Å². The van der Waals surface area contributed by atoms with Gasteiger partial charge in [-0.2, -0.15) is 0 Å². The van der Waals surface area contributed by atoms with E-state index in [4.69, 9.17) is 15.2 Å². The maximum Gasteiger partial charge on any atom is 0.409 e. The van der Waals surface area contributed by atoms with Crippen molar-refractivity contribution in [3.8, 4) is 0 Å². The Morgan fingerprint density at radius 2 is 1.93 bits per heavy atom. The van der Waals surface area contributed by atoms with Crippen LogP contribution in [0.25, 0.3) is 0 Å². The molecule has 28 heavy (non-hydrogen) atoms. The number of aliphatic imine (C=N–C) groups is 1. The summed E-state index contributed by atoms with van der Waals surface area (Å²) >= 11 is 0. The van der Waals surface area contributed by atoms with Crippen molar-refractivity contribution in [2.24, 2.45) is 10.7 Å². The molecular formula is C20H33IN4O3. The first kappa shape index (κ1) is 24.5. The minimum atomic E-state index is -0.237. The predicted molar refractivity (Wildman–Crippen MR) is 122 cm³/mol. The molecule has 0 aliphatic carbocycles. The normalized spacial score (nSPS) is 15.1. The fraction of sp³-hybridized carbons (Fsp3) is 0.600. The van der Waals surface area contributed by atoms with Gasteiger partial charge in [-0.15, -0.1) is 24.0 Å². The van der Waals surface area contributed by atoms with E-state index in [1.54, 1.807) is 4.90 Å². The molecule has 2 rings (SSSR count). The minimum absolute atomic E-state index is 0. The van der Waals surface area contributed by atoms with Gasteiger partial charge >= 0.3 is 6.09 Å². The van der Waals surface area contributed by atoms with Crippen LogP contribution in [0.3, 0.4) is 0 Å². The average Bonchev–Trinajstić information content (AvgIpc) is 2.68. The number of nitrogens with two attached hydrogens (primary N) is 1. The van der Waals surface area contributed by atoms with E-state index in [0.717, 1.165) is 37.0 Å². The van der Waals surface area contributed by atoms with E-state index < -0.39 is 0 Å². The molecule has 1 aromatic rings. The fourth-order valence-corrected chi connectivity index (χ4v) is 3.03. The highest BCUT2D eigenvalue weighted by molar-refractivity contribution is 14.0. The Morgan fingerprint density at radius 1 is 1.25 bits per heavy atom. The lowest BCUT2D eigenvalue weighted by Gasteiger charge is -2.31. The van der Waals surface area contributed by atoms with Crippen LogP contribution in [0, 0.1) is 0 Å². The predicted octanol–water partition coefficient (Wildman–Crippen LogP) is 3.26. The van der Waals surface area contributed by atoms with Crippen LogP contribution in [0.2, 0.25) is 0 Å². The maximum absolute atomic E-state index is 11.7. The Bertz CT molecular complexity index is 619. The third kappa shape index (κ3) is 8.22. The van der Waals surface area contributed by atoms with Crippen molar-refractivity contribution in [1.82, 2.24) is 10.2 Å². The lowest BCUT2D eigenvalue weighted by molar-refractivity contribution is 0.0963. The molecule has 7 nitrogen and oxygen atoms in total. The van der Waals surface area contributed by atoms with Crippen molar-refractivity contribution >= 4 is 36.0 Å². The smallest absolute Gasteiger partial charge is 0.409 e. The third-order valence-corrected chi connectivity index (χ3v) is 4.52. The molecule has 158 valence electrons. The van der Waals surface area contributed by atoms with Crippen LogP contribution < -0.4 is 11.1 Å². The number of carbonyl (C=O) groups excluding carboxylic acids is 1. The van der Waals surface area contributed by atoms with Crippen LogP contribution in [0.4, 0.5) is 4.79 Å². The summed E-state index contributed by atoms with van der Waals surface area (Å²) in [6.07, 6.45) is 2.43. The van der Waals surface area contributed by atoms with Crippen molar-refractivity contribution in [2.45, 2.75) is 52.3 Å². The molecule has 1 heterocycles. The number of likely N-dealkylation sites (tertiary alicyclic amines) is 1. The molecule has 1 aliphatic heterocycles. The monoisotopic (exact) mass is 504 g/mol. The molecule has 1 aliphatic rings. The molecule has 1 fully saturated rings. The zero-order valence-electron chi connectivity index (χ0n) is 16.9. The second-order valence-corrected chi connectivity index (χ2v) is 6.63. The third-order valence-electron chi connectivity index (χ3n) is 4.52. The van der Waals surface area contributed by atoms with E-state index in [0.29, 0.717) is 38.8 Å². The Balaban J connectivity index is 0.00000392. The lowest BCUT2D eigenvalue weighted by atomic mass is 10.1. The van der Waals surface area contributed by atoms with E-state index in [-0.39, 0.29) is 36.1 Å². The second-order valence-electron chi connectivity index (χ2n) is 6.63. The zero-order valence-corrected chi connectivity index (χ0v) is 19.2. The summed E-state index contributed by atoms with van der Waals surface area (Å²) in [6, 6.07) is 8.36. The highest BCUT2D eigenvalue weighted by Crippen LogP contribution is 2.13. The number of benzene rings is 1. The standard InChI is InChI=1S/C20H32N4O3.HI/c1-3-13-26-15-17-8-6-5-7-16(17)14-22-19(21)23-18-9-11-24(12-10-18)20(25)27-4-2;/h5-8,18H,3-4,9-15H2,1-2H3,(H3,21,22,23);1H. The van der Waals surface area contributed by atoms with Gasteiger partial charge in [0.1, 0.15) is 0 Å². The van der Waals surface area contributed by atoms with Gasteiger partial charge in [-0.1, -0.05) is 31.2 Å². The molecule has 0 atom stereocenters. The van der Waals surface area contributed by atoms with Gasteiger partial charge in [0, 0.05) is 25.7 Å². The molecule has 1 aromatic carbocycles. The van der Waals surface area contributed by atoms with E-state index in [1.807, 2.05) is 19.1 Å². The number of nitrogens with zero attached hydrogens (tertiary/aromatic N) is 2. The first-order valence-corrected chi connectivity index (χ1v) is 9.76. The number of guanidine groups is 1. The summed E-state index contributed by atoms with van der Waals surface area (Å²) in [5.74, 6) is 0.439. The van der Waals surface area contributed by atoms with Crippen LogP contribution in [-0.2, 0) is 22.6 Å². The van der Waals surface area contributed by atoms with Crippen LogP contribution in [0.15, 0.2) is 29.3 Å². The van der Waals surface area contributed by atoms with E-state index in [9.17, 15) is 4.79 Å². The van der Waals surface area contributed by atoms with Crippen LogP contribution >= 0.6 is 24.0 Å². The van der Waals surface area contributed by atoms with Crippen molar-refractivity contribution in [3.63, 3.8) is 0 Å². The van der Waals surface area contributed by atoms with Gasteiger partial charge in [-0.25, -0.2) is 9.79 Å².